The molecule has 0 bridgehead atoms. The van der Waals surface area contributed by atoms with Crippen LogP contribution < -0.4 is 10.1 Å². The summed E-state index contributed by atoms with van der Waals surface area (Å²) >= 11 is 0. The number of halogens is 1. The van der Waals surface area contributed by atoms with Gasteiger partial charge in [-0.15, -0.1) is 0 Å². The first-order chi connectivity index (χ1) is 17.9. The van der Waals surface area contributed by atoms with E-state index in [1.165, 1.54) is 22.8 Å². The van der Waals surface area contributed by atoms with Gasteiger partial charge in [0.25, 0.3) is 5.91 Å². The molecule has 1 atom stereocenters. The molecule has 0 fully saturated rings. The van der Waals surface area contributed by atoms with Crippen molar-refractivity contribution < 1.29 is 23.8 Å². The minimum absolute atomic E-state index is 0.00183. The zero-order valence-electron chi connectivity index (χ0n) is 22.9. The van der Waals surface area contributed by atoms with Gasteiger partial charge >= 0.3 is 5.97 Å². The Labute approximate surface area is 225 Å². The number of ether oxygens (including phenoxy) is 1. The molecule has 0 aliphatic carbocycles. The number of carboxylic acids is 1. The second-order valence-electron chi connectivity index (χ2n) is 11.0. The summed E-state index contributed by atoms with van der Waals surface area (Å²) in [5.41, 5.74) is 5.66. The number of benzene rings is 3. The molecule has 6 heteroatoms. The standard InChI is InChI=1S/C32H38FNO4/c1-21(6-7-24-8-9-25(19-29(24)33)31(37)34-17-16-30(35)36)20-38-27-14-15-28(22(2)18-27)23-10-12-26(13-11-23)32(3,4)5/h8-15,18-19,21H,6-7,16-17,20H2,1-5H3,(H,34,37)(H,35,36). The number of aliphatic carboxylic acids is 1. The van der Waals surface area contributed by atoms with E-state index in [1.54, 1.807) is 12.1 Å². The average Bonchev–Trinajstić information content (AvgIpc) is 2.86. The minimum atomic E-state index is -1.00. The summed E-state index contributed by atoms with van der Waals surface area (Å²) in [4.78, 5) is 22.6. The van der Waals surface area contributed by atoms with Crippen LogP contribution in [0.25, 0.3) is 11.1 Å². The lowest BCUT2D eigenvalue weighted by Gasteiger charge is -2.19. The Morgan fingerprint density at radius 3 is 2.34 bits per heavy atom. The van der Waals surface area contributed by atoms with Gasteiger partial charge < -0.3 is 15.2 Å². The second kappa shape index (κ2) is 12.7. The molecule has 0 aromatic heterocycles. The lowest BCUT2D eigenvalue weighted by molar-refractivity contribution is -0.136. The highest BCUT2D eigenvalue weighted by molar-refractivity contribution is 5.94. The maximum atomic E-state index is 14.6. The van der Waals surface area contributed by atoms with Gasteiger partial charge in [0.15, 0.2) is 0 Å². The molecule has 3 aromatic carbocycles. The molecule has 0 spiro atoms. The zero-order valence-corrected chi connectivity index (χ0v) is 22.9. The summed E-state index contributed by atoms with van der Waals surface area (Å²) in [6.45, 7) is 11.3. The molecule has 1 amide bonds. The normalized spacial score (nSPS) is 12.2. The van der Waals surface area contributed by atoms with Gasteiger partial charge in [-0.1, -0.05) is 64.1 Å². The molecule has 2 N–H and O–H groups in total. The third-order valence-corrected chi connectivity index (χ3v) is 6.64. The predicted octanol–water partition coefficient (Wildman–Crippen LogP) is 6.95. The molecule has 0 aliphatic rings. The molecule has 0 heterocycles. The van der Waals surface area contributed by atoms with Crippen LogP contribution in [0.1, 0.15) is 67.6 Å². The van der Waals surface area contributed by atoms with Crippen LogP contribution in [-0.2, 0) is 16.6 Å². The van der Waals surface area contributed by atoms with E-state index >= 15 is 0 Å². The summed E-state index contributed by atoms with van der Waals surface area (Å²) in [6, 6.07) is 19.2. The van der Waals surface area contributed by atoms with Crippen molar-refractivity contribution in [2.24, 2.45) is 5.92 Å². The summed E-state index contributed by atoms with van der Waals surface area (Å²) in [5.74, 6) is -0.904. The predicted molar refractivity (Wildman–Crippen MR) is 149 cm³/mol. The fourth-order valence-corrected chi connectivity index (χ4v) is 4.20. The summed E-state index contributed by atoms with van der Waals surface area (Å²) in [7, 11) is 0. The Morgan fingerprint density at radius 2 is 1.74 bits per heavy atom. The van der Waals surface area contributed by atoms with Gasteiger partial charge in [-0.25, -0.2) is 4.39 Å². The first-order valence-electron chi connectivity index (χ1n) is 13.1. The van der Waals surface area contributed by atoms with E-state index in [0.717, 1.165) is 17.7 Å². The van der Waals surface area contributed by atoms with E-state index in [4.69, 9.17) is 9.84 Å². The first kappa shape index (κ1) is 28.9. The molecule has 3 rings (SSSR count). The van der Waals surface area contributed by atoms with Gasteiger partial charge in [0.05, 0.1) is 13.0 Å². The highest BCUT2D eigenvalue weighted by Crippen LogP contribution is 2.30. The zero-order chi connectivity index (χ0) is 27.9. The molecule has 0 aliphatic heterocycles. The topological polar surface area (TPSA) is 75.6 Å². The number of rotatable bonds is 11. The average molecular weight is 520 g/mol. The number of hydrogen-bond donors (Lipinski definition) is 2. The van der Waals surface area contributed by atoms with Crippen LogP contribution in [0.3, 0.4) is 0 Å². The Kier molecular flexibility index (Phi) is 9.67. The smallest absolute Gasteiger partial charge is 0.305 e. The van der Waals surface area contributed by atoms with E-state index in [1.807, 2.05) is 6.07 Å². The lowest BCUT2D eigenvalue weighted by atomic mass is 9.86. The Bertz CT molecular complexity index is 1260. The summed E-state index contributed by atoms with van der Waals surface area (Å²) < 4.78 is 20.6. The van der Waals surface area contributed by atoms with Crippen LogP contribution in [0.2, 0.25) is 0 Å². The molecule has 202 valence electrons. The van der Waals surface area contributed by atoms with Crippen LogP contribution in [0, 0.1) is 18.7 Å². The van der Waals surface area contributed by atoms with E-state index < -0.39 is 17.7 Å². The summed E-state index contributed by atoms with van der Waals surface area (Å²) in [6.07, 6.45) is 1.08. The Morgan fingerprint density at radius 1 is 1.03 bits per heavy atom. The number of carboxylic acid groups (broad SMARTS) is 1. The fourth-order valence-electron chi connectivity index (χ4n) is 4.20. The highest BCUT2D eigenvalue weighted by atomic mass is 19.1. The third kappa shape index (κ3) is 8.17. The van der Waals surface area contributed by atoms with Gasteiger partial charge in [-0.2, -0.15) is 0 Å². The van der Waals surface area contributed by atoms with Crippen molar-refractivity contribution in [2.75, 3.05) is 13.2 Å². The number of carbonyl (C=O) groups is 2. The fraction of sp³-hybridized carbons (Fsp3) is 0.375. The molecule has 0 saturated carbocycles. The highest BCUT2D eigenvalue weighted by Gasteiger charge is 2.14. The van der Waals surface area contributed by atoms with Gasteiger partial charge in [-0.3, -0.25) is 9.59 Å². The van der Waals surface area contributed by atoms with Crippen LogP contribution >= 0.6 is 0 Å². The Hall–Kier alpha value is -3.67. The van der Waals surface area contributed by atoms with E-state index in [0.29, 0.717) is 18.6 Å². The molecule has 1 unspecified atom stereocenters. The largest absolute Gasteiger partial charge is 0.493 e. The van der Waals surface area contributed by atoms with E-state index in [2.05, 4.69) is 76.3 Å². The van der Waals surface area contributed by atoms with Crippen LogP contribution in [0.5, 0.6) is 5.75 Å². The third-order valence-electron chi connectivity index (χ3n) is 6.64. The van der Waals surface area contributed by atoms with E-state index in [9.17, 15) is 14.0 Å². The molecular weight excluding hydrogens is 481 g/mol. The monoisotopic (exact) mass is 519 g/mol. The molecule has 0 radical (unpaired) electrons. The number of amides is 1. The number of hydrogen-bond acceptors (Lipinski definition) is 3. The van der Waals surface area contributed by atoms with Crippen LogP contribution in [0.15, 0.2) is 60.7 Å². The SMILES string of the molecule is Cc1cc(OCC(C)CCc2ccc(C(=O)NCCC(=O)O)cc2F)ccc1-c1ccc(C(C)(C)C)cc1. The molecule has 0 saturated heterocycles. The molecule has 3 aromatic rings. The van der Waals surface area contributed by atoms with Crippen molar-refractivity contribution >= 4 is 11.9 Å². The van der Waals surface area contributed by atoms with Gasteiger partial charge in [0, 0.05) is 12.1 Å². The van der Waals surface area contributed by atoms with Gasteiger partial charge in [-0.05, 0) is 83.2 Å². The van der Waals surface area contributed by atoms with Crippen molar-refractivity contribution in [1.82, 2.24) is 5.32 Å². The van der Waals surface area contributed by atoms with Crippen molar-refractivity contribution in [1.29, 1.82) is 0 Å². The van der Waals surface area contributed by atoms with E-state index in [-0.39, 0.29) is 29.9 Å². The number of aryl methyl sites for hydroxylation is 2. The van der Waals surface area contributed by atoms with Crippen LogP contribution in [-0.4, -0.2) is 30.1 Å². The maximum absolute atomic E-state index is 14.6. The maximum Gasteiger partial charge on any atom is 0.305 e. The van der Waals surface area contributed by atoms with Crippen LogP contribution in [0.4, 0.5) is 4.39 Å². The Balaban J connectivity index is 1.51. The molecular formula is C32H38FNO4. The second-order valence-corrected chi connectivity index (χ2v) is 11.0. The van der Waals surface area contributed by atoms with Gasteiger partial charge in [0.2, 0.25) is 0 Å². The van der Waals surface area contributed by atoms with Crippen molar-refractivity contribution in [3.05, 3.63) is 88.7 Å². The lowest BCUT2D eigenvalue weighted by Crippen LogP contribution is -2.26. The molecule has 38 heavy (non-hydrogen) atoms. The molecule has 5 nitrogen and oxygen atoms in total. The first-order valence-corrected chi connectivity index (χ1v) is 13.1. The number of carbonyl (C=O) groups excluding carboxylic acids is 1. The van der Waals surface area contributed by atoms with Gasteiger partial charge in [0.1, 0.15) is 11.6 Å². The number of nitrogens with one attached hydrogen (secondary N) is 1. The van der Waals surface area contributed by atoms with Crippen molar-refractivity contribution in [3.8, 4) is 16.9 Å². The minimum Gasteiger partial charge on any atom is -0.493 e. The summed E-state index contributed by atoms with van der Waals surface area (Å²) in [5, 5.41) is 11.1. The quantitative estimate of drug-likeness (QED) is 0.287. The van der Waals surface area contributed by atoms with Crippen molar-refractivity contribution in [3.63, 3.8) is 0 Å². The van der Waals surface area contributed by atoms with Crippen molar-refractivity contribution in [2.45, 2.75) is 59.3 Å².